The predicted octanol–water partition coefficient (Wildman–Crippen LogP) is 5.72. The summed E-state index contributed by atoms with van der Waals surface area (Å²) < 4.78 is 40.6. The molecule has 0 spiro atoms. The van der Waals surface area contributed by atoms with Gasteiger partial charge in [0.25, 0.3) is 0 Å². The maximum atomic E-state index is 14.2. The molecular weight excluding hydrogens is 569 g/mol. The van der Waals surface area contributed by atoms with E-state index in [0.717, 1.165) is 11.1 Å². The summed E-state index contributed by atoms with van der Waals surface area (Å²) in [5.74, 6) is 2.09. The highest BCUT2D eigenvalue weighted by Crippen LogP contribution is 2.52. The van der Waals surface area contributed by atoms with E-state index in [4.69, 9.17) is 24.3 Å². The smallest absolute Gasteiger partial charge is 0.405 e. The van der Waals surface area contributed by atoms with E-state index in [1.54, 1.807) is 40.0 Å². The van der Waals surface area contributed by atoms with Crippen LogP contribution in [0.25, 0.3) is 11.2 Å². The molecule has 4 atom stereocenters. The summed E-state index contributed by atoms with van der Waals surface area (Å²) in [6.07, 6.45) is 1.77. The van der Waals surface area contributed by atoms with Crippen molar-refractivity contribution in [1.29, 1.82) is 0 Å². The summed E-state index contributed by atoms with van der Waals surface area (Å²) >= 11 is 0. The number of aromatic nitrogens is 4. The van der Waals surface area contributed by atoms with Crippen molar-refractivity contribution in [3.63, 3.8) is 0 Å². The van der Waals surface area contributed by atoms with Gasteiger partial charge in [0.2, 0.25) is 0 Å². The number of hydrogen-bond donors (Lipinski definition) is 1. The minimum atomic E-state index is -3.75. The Labute approximate surface area is 241 Å². The van der Waals surface area contributed by atoms with Crippen molar-refractivity contribution in [3.05, 3.63) is 78.4 Å². The molecule has 1 fully saturated rings. The first-order valence-electron chi connectivity index (χ1n) is 12.9. The summed E-state index contributed by atoms with van der Waals surface area (Å²) in [6, 6.07) is 17.1. The Bertz CT molecular complexity index is 1460. The van der Waals surface area contributed by atoms with E-state index in [1.807, 2.05) is 41.8 Å². The van der Waals surface area contributed by atoms with Crippen LogP contribution in [-0.2, 0) is 31.7 Å². The van der Waals surface area contributed by atoms with Gasteiger partial charge in [0, 0.05) is 11.5 Å². The van der Waals surface area contributed by atoms with Crippen LogP contribution in [0.5, 0.6) is 5.75 Å². The van der Waals surface area contributed by atoms with Crippen molar-refractivity contribution >= 4 is 46.2 Å². The Morgan fingerprint density at radius 1 is 1.05 bits per heavy atom. The third-order valence-electron chi connectivity index (χ3n) is 6.36. The van der Waals surface area contributed by atoms with Gasteiger partial charge in [0.15, 0.2) is 17.8 Å². The maximum absolute atomic E-state index is 14.2. The predicted molar refractivity (Wildman–Crippen MR) is 159 cm³/mol. The Balaban J connectivity index is 1.27. The molecule has 1 saturated heterocycles. The largest absolute Gasteiger partial charge is 0.423 e. The SMILES string of the molecule is Cc1ccccc1CO[C@H]1CSSC[C@@H]1OP(=O)(CO[C@H](C)Cn1cnc2c(N)ncnc21)Oc1ccccc1. The Kier molecular flexibility index (Phi) is 9.67. The van der Waals surface area contributed by atoms with Crippen LogP contribution >= 0.6 is 29.2 Å². The van der Waals surface area contributed by atoms with Gasteiger partial charge in [-0.05, 0) is 37.1 Å². The van der Waals surface area contributed by atoms with Gasteiger partial charge in [-0.2, -0.15) is 0 Å². The van der Waals surface area contributed by atoms with Crippen molar-refractivity contribution in [3.8, 4) is 5.75 Å². The number of rotatable bonds is 12. The van der Waals surface area contributed by atoms with E-state index in [-0.39, 0.29) is 18.6 Å². The molecule has 3 heterocycles. The lowest BCUT2D eigenvalue weighted by molar-refractivity contribution is -0.0194. The number of nitrogen functional groups attached to an aromatic ring is 1. The Morgan fingerprint density at radius 2 is 1.80 bits per heavy atom. The van der Waals surface area contributed by atoms with E-state index < -0.39 is 13.7 Å². The molecular formula is C27H32N5O5PS2. The van der Waals surface area contributed by atoms with Gasteiger partial charge in [-0.3, -0.25) is 4.52 Å². The molecule has 0 saturated carbocycles. The van der Waals surface area contributed by atoms with Crippen LogP contribution < -0.4 is 10.3 Å². The highest BCUT2D eigenvalue weighted by Gasteiger charge is 2.38. The number of benzene rings is 2. The lowest BCUT2D eigenvalue weighted by Gasteiger charge is -2.33. The minimum absolute atomic E-state index is 0.231. The Morgan fingerprint density at radius 3 is 2.60 bits per heavy atom. The molecule has 0 bridgehead atoms. The van der Waals surface area contributed by atoms with E-state index in [9.17, 15) is 4.57 Å². The molecule has 1 unspecified atom stereocenters. The van der Waals surface area contributed by atoms with Crippen molar-refractivity contribution in [2.24, 2.45) is 0 Å². The first-order valence-corrected chi connectivity index (χ1v) is 17.1. The van der Waals surface area contributed by atoms with Crippen LogP contribution in [0.15, 0.2) is 67.3 Å². The molecule has 212 valence electrons. The molecule has 13 heteroatoms. The zero-order valence-electron chi connectivity index (χ0n) is 22.3. The molecule has 5 rings (SSSR count). The molecule has 2 aromatic heterocycles. The van der Waals surface area contributed by atoms with E-state index in [0.29, 0.717) is 47.4 Å². The van der Waals surface area contributed by atoms with E-state index in [1.165, 1.54) is 6.33 Å². The quantitative estimate of drug-likeness (QED) is 0.158. The molecule has 0 radical (unpaired) electrons. The monoisotopic (exact) mass is 601 g/mol. The van der Waals surface area contributed by atoms with Crippen molar-refractivity contribution < 1.29 is 23.1 Å². The molecule has 2 aromatic carbocycles. The lowest BCUT2D eigenvalue weighted by atomic mass is 10.1. The number of fused-ring (bicyclic) bond motifs is 1. The zero-order chi connectivity index (χ0) is 28.0. The summed E-state index contributed by atoms with van der Waals surface area (Å²) in [5.41, 5.74) is 9.32. The maximum Gasteiger partial charge on any atom is 0.405 e. The van der Waals surface area contributed by atoms with Crippen LogP contribution in [0, 0.1) is 6.92 Å². The van der Waals surface area contributed by atoms with Crippen LogP contribution in [-0.4, -0.2) is 55.7 Å². The zero-order valence-corrected chi connectivity index (χ0v) is 24.8. The third kappa shape index (κ3) is 7.37. The van der Waals surface area contributed by atoms with E-state index >= 15 is 0 Å². The van der Waals surface area contributed by atoms with Gasteiger partial charge in [-0.25, -0.2) is 19.5 Å². The molecule has 10 nitrogen and oxygen atoms in total. The molecule has 0 amide bonds. The van der Waals surface area contributed by atoms with Crippen molar-refractivity contribution in [1.82, 2.24) is 19.5 Å². The summed E-state index contributed by atoms with van der Waals surface area (Å²) in [6.45, 7) is 4.81. The molecule has 1 aliphatic rings. The van der Waals surface area contributed by atoms with E-state index in [2.05, 4.69) is 34.0 Å². The number of hydrogen-bond acceptors (Lipinski definition) is 11. The van der Waals surface area contributed by atoms with Crippen molar-refractivity contribution in [2.45, 2.75) is 45.3 Å². The molecule has 2 N–H and O–H groups in total. The highest BCUT2D eigenvalue weighted by atomic mass is 33.1. The van der Waals surface area contributed by atoms with Gasteiger partial charge < -0.3 is 24.3 Å². The minimum Gasteiger partial charge on any atom is -0.423 e. The number of nitrogens with zero attached hydrogens (tertiary/aromatic N) is 4. The van der Waals surface area contributed by atoms with Gasteiger partial charge in [0.05, 0.1) is 31.7 Å². The number of ether oxygens (including phenoxy) is 2. The fourth-order valence-electron chi connectivity index (χ4n) is 4.17. The fraction of sp³-hybridized carbons (Fsp3) is 0.370. The highest BCUT2D eigenvalue weighted by molar-refractivity contribution is 8.76. The standard InChI is InChI=1S/C27H32N5O5PS2/c1-19-8-6-7-9-21(19)13-34-23-14-39-40-15-24(23)37-38(33,36-22-10-4-3-5-11-22)18-35-20(2)12-32-17-31-25-26(28)29-16-30-27(25)32/h3-11,16-17,20,23-24H,12-15,18H2,1-2H3,(H2,28,29,30)/t20-,23+,24+,38?/m1/s1. The number of imidazole rings is 1. The second kappa shape index (κ2) is 13.4. The van der Waals surface area contributed by atoms with Crippen LogP contribution in [0.1, 0.15) is 18.1 Å². The van der Waals surface area contributed by atoms with Crippen LogP contribution in [0.3, 0.4) is 0 Å². The number of anilines is 1. The van der Waals surface area contributed by atoms with Crippen LogP contribution in [0.2, 0.25) is 0 Å². The lowest BCUT2D eigenvalue weighted by Crippen LogP contribution is -2.38. The van der Waals surface area contributed by atoms with Gasteiger partial charge in [-0.1, -0.05) is 64.1 Å². The summed E-state index contributed by atoms with van der Waals surface area (Å²) in [5, 5.41) is 0. The average molecular weight is 602 g/mol. The second-order valence-electron chi connectivity index (χ2n) is 9.44. The summed E-state index contributed by atoms with van der Waals surface area (Å²) in [7, 11) is -0.358. The van der Waals surface area contributed by atoms with Crippen molar-refractivity contribution in [2.75, 3.05) is 23.6 Å². The molecule has 4 aromatic rings. The van der Waals surface area contributed by atoms with Gasteiger partial charge >= 0.3 is 7.60 Å². The van der Waals surface area contributed by atoms with Gasteiger partial charge in [-0.15, -0.1) is 0 Å². The third-order valence-corrected chi connectivity index (χ3v) is 10.3. The fourth-order valence-corrected chi connectivity index (χ4v) is 8.37. The second-order valence-corrected chi connectivity index (χ2v) is 13.9. The molecule has 0 aliphatic carbocycles. The first kappa shape index (κ1) is 28.9. The molecule has 40 heavy (non-hydrogen) atoms. The normalized spacial score (nSPS) is 19.8. The number of nitrogens with two attached hydrogens (primary N) is 1. The average Bonchev–Trinajstić information content (AvgIpc) is 3.36. The summed E-state index contributed by atoms with van der Waals surface area (Å²) in [4.78, 5) is 12.6. The number of aryl methyl sites for hydroxylation is 1. The Hall–Kier alpha value is -2.60. The van der Waals surface area contributed by atoms with Gasteiger partial charge in [0.1, 0.15) is 23.7 Å². The molecule has 1 aliphatic heterocycles. The first-order chi connectivity index (χ1) is 19.4. The number of para-hydroxylation sites is 1. The topological polar surface area (TPSA) is 124 Å². The van der Waals surface area contributed by atoms with Crippen LogP contribution in [0.4, 0.5) is 5.82 Å².